The zero-order chi connectivity index (χ0) is 14.8. The van der Waals surface area contributed by atoms with Crippen LogP contribution in [0.1, 0.15) is 16.7 Å². The van der Waals surface area contributed by atoms with E-state index in [4.69, 9.17) is 4.74 Å². The lowest BCUT2D eigenvalue weighted by Crippen LogP contribution is -2.05. The summed E-state index contributed by atoms with van der Waals surface area (Å²) in [7, 11) is 0. The van der Waals surface area contributed by atoms with Gasteiger partial charge in [-0.2, -0.15) is 0 Å². The maximum atomic E-state index is 12.9. The van der Waals surface area contributed by atoms with Gasteiger partial charge >= 0.3 is 5.97 Å². The lowest BCUT2D eigenvalue weighted by Gasteiger charge is -1.99. The Kier molecular flexibility index (Phi) is 3.36. The average Bonchev–Trinajstić information content (AvgIpc) is 2.83. The molecule has 0 saturated heterocycles. The van der Waals surface area contributed by atoms with Gasteiger partial charge in [-0.3, -0.25) is 0 Å². The van der Waals surface area contributed by atoms with Crippen LogP contribution in [-0.2, 0) is 9.53 Å². The maximum Gasteiger partial charge on any atom is 0.363 e. The second kappa shape index (κ2) is 5.32. The molecule has 0 unspecified atom stereocenters. The molecule has 0 saturated carbocycles. The number of cyclic esters (lactones) is 1. The standard InChI is InChI=1S/C17H12FNO2/c1-11-2-6-13(7-3-11)16-19-15(17(20)21-16)10-12-4-8-14(18)9-5-12/h2-10H,1H3. The number of nitrogens with zero attached hydrogens (tertiary/aromatic N) is 1. The largest absolute Gasteiger partial charge is 0.402 e. The van der Waals surface area contributed by atoms with Crippen LogP contribution in [0.3, 0.4) is 0 Å². The molecule has 3 rings (SSSR count). The first-order valence-corrected chi connectivity index (χ1v) is 6.47. The molecular formula is C17H12FNO2. The van der Waals surface area contributed by atoms with Crippen LogP contribution in [0, 0.1) is 12.7 Å². The van der Waals surface area contributed by atoms with Crippen LogP contribution in [0.4, 0.5) is 4.39 Å². The van der Waals surface area contributed by atoms with Crippen LogP contribution in [-0.4, -0.2) is 11.9 Å². The molecule has 0 fully saturated rings. The van der Waals surface area contributed by atoms with E-state index in [1.165, 1.54) is 12.1 Å². The predicted octanol–water partition coefficient (Wildman–Crippen LogP) is 3.48. The molecule has 104 valence electrons. The number of hydrogen-bond donors (Lipinski definition) is 0. The van der Waals surface area contributed by atoms with Crippen LogP contribution in [0.2, 0.25) is 0 Å². The van der Waals surface area contributed by atoms with Gasteiger partial charge in [0.05, 0.1) is 0 Å². The summed E-state index contributed by atoms with van der Waals surface area (Å²) in [5, 5.41) is 0. The minimum atomic E-state index is -0.505. The van der Waals surface area contributed by atoms with Crippen molar-refractivity contribution >= 4 is 17.9 Å². The number of esters is 1. The van der Waals surface area contributed by atoms with Gasteiger partial charge in [0, 0.05) is 5.56 Å². The summed E-state index contributed by atoms with van der Waals surface area (Å²) in [6.45, 7) is 1.98. The van der Waals surface area contributed by atoms with E-state index in [-0.39, 0.29) is 17.4 Å². The molecule has 0 atom stereocenters. The van der Waals surface area contributed by atoms with Gasteiger partial charge in [0.25, 0.3) is 0 Å². The summed E-state index contributed by atoms with van der Waals surface area (Å²) in [6, 6.07) is 13.4. The minimum Gasteiger partial charge on any atom is -0.402 e. The number of hydrogen-bond acceptors (Lipinski definition) is 3. The number of carbonyl (C=O) groups is 1. The zero-order valence-electron chi connectivity index (χ0n) is 11.3. The number of ether oxygens (including phenoxy) is 1. The van der Waals surface area contributed by atoms with Gasteiger partial charge in [0.15, 0.2) is 5.70 Å². The molecule has 2 aromatic carbocycles. The van der Waals surface area contributed by atoms with Gasteiger partial charge in [0.2, 0.25) is 5.90 Å². The van der Waals surface area contributed by atoms with Crippen molar-refractivity contribution in [2.45, 2.75) is 6.92 Å². The number of carbonyl (C=O) groups excluding carboxylic acids is 1. The van der Waals surface area contributed by atoms with Crippen LogP contribution in [0.5, 0.6) is 0 Å². The summed E-state index contributed by atoms with van der Waals surface area (Å²) in [4.78, 5) is 16.0. The molecule has 2 aromatic rings. The first kappa shape index (κ1) is 13.2. The van der Waals surface area contributed by atoms with Crippen molar-refractivity contribution in [1.29, 1.82) is 0 Å². The van der Waals surface area contributed by atoms with Gasteiger partial charge in [-0.05, 0) is 42.8 Å². The smallest absolute Gasteiger partial charge is 0.363 e. The Bertz CT molecular complexity index is 743. The fourth-order valence-electron chi connectivity index (χ4n) is 1.95. The van der Waals surface area contributed by atoms with Crippen LogP contribution < -0.4 is 0 Å². The Morgan fingerprint density at radius 2 is 1.71 bits per heavy atom. The zero-order valence-corrected chi connectivity index (χ0v) is 11.3. The lowest BCUT2D eigenvalue weighted by atomic mass is 10.1. The van der Waals surface area contributed by atoms with Crippen molar-refractivity contribution in [3.05, 3.63) is 76.7 Å². The van der Waals surface area contributed by atoms with Crippen molar-refractivity contribution in [3.63, 3.8) is 0 Å². The Labute approximate surface area is 121 Å². The molecule has 0 amide bonds. The fraction of sp³-hybridized carbons (Fsp3) is 0.0588. The molecule has 0 spiro atoms. The molecule has 4 heteroatoms. The summed E-state index contributed by atoms with van der Waals surface area (Å²) in [5.41, 5.74) is 2.76. The number of aryl methyl sites for hydroxylation is 1. The van der Waals surface area contributed by atoms with E-state index in [0.29, 0.717) is 5.56 Å². The number of halogens is 1. The SMILES string of the molecule is Cc1ccc(C2=NC(=Cc3ccc(F)cc3)C(=O)O2)cc1. The van der Waals surface area contributed by atoms with E-state index < -0.39 is 5.97 Å². The summed E-state index contributed by atoms with van der Waals surface area (Å²) in [5.74, 6) is -0.543. The molecule has 0 bridgehead atoms. The van der Waals surface area contributed by atoms with Crippen molar-refractivity contribution < 1.29 is 13.9 Å². The van der Waals surface area contributed by atoms with E-state index >= 15 is 0 Å². The molecule has 0 aromatic heterocycles. The normalized spacial score (nSPS) is 16.0. The molecule has 0 radical (unpaired) electrons. The summed E-state index contributed by atoms with van der Waals surface area (Å²) < 4.78 is 18.0. The van der Waals surface area contributed by atoms with Crippen LogP contribution >= 0.6 is 0 Å². The van der Waals surface area contributed by atoms with Gasteiger partial charge in [-0.1, -0.05) is 29.8 Å². The Morgan fingerprint density at radius 1 is 1.05 bits per heavy atom. The molecule has 1 heterocycles. The topological polar surface area (TPSA) is 38.7 Å². The van der Waals surface area contributed by atoms with E-state index in [1.54, 1.807) is 18.2 Å². The molecule has 21 heavy (non-hydrogen) atoms. The second-order valence-corrected chi connectivity index (χ2v) is 4.75. The van der Waals surface area contributed by atoms with Gasteiger partial charge in [-0.25, -0.2) is 14.2 Å². The summed E-state index contributed by atoms with van der Waals surface area (Å²) in [6.07, 6.45) is 1.57. The van der Waals surface area contributed by atoms with Crippen molar-refractivity contribution in [2.24, 2.45) is 4.99 Å². The third-order valence-corrected chi connectivity index (χ3v) is 3.09. The number of rotatable bonds is 2. The fourth-order valence-corrected chi connectivity index (χ4v) is 1.95. The maximum absolute atomic E-state index is 12.9. The average molecular weight is 281 g/mol. The predicted molar refractivity (Wildman–Crippen MR) is 78.2 cm³/mol. The number of benzene rings is 2. The third kappa shape index (κ3) is 2.89. The highest BCUT2D eigenvalue weighted by atomic mass is 19.1. The third-order valence-electron chi connectivity index (χ3n) is 3.09. The Morgan fingerprint density at radius 3 is 2.38 bits per heavy atom. The van der Waals surface area contributed by atoms with Crippen molar-refractivity contribution in [1.82, 2.24) is 0 Å². The highest BCUT2D eigenvalue weighted by Crippen LogP contribution is 2.19. The van der Waals surface area contributed by atoms with Gasteiger partial charge in [0.1, 0.15) is 5.82 Å². The molecular weight excluding hydrogens is 269 g/mol. The first-order chi connectivity index (χ1) is 10.1. The van der Waals surface area contributed by atoms with Gasteiger partial charge in [-0.15, -0.1) is 0 Å². The highest BCUT2D eigenvalue weighted by Gasteiger charge is 2.23. The van der Waals surface area contributed by atoms with Crippen molar-refractivity contribution in [3.8, 4) is 0 Å². The summed E-state index contributed by atoms with van der Waals surface area (Å²) >= 11 is 0. The Balaban J connectivity index is 1.91. The molecule has 3 nitrogen and oxygen atoms in total. The molecule has 1 aliphatic rings. The minimum absolute atomic E-state index is 0.206. The number of aliphatic imine (C=N–C) groups is 1. The van der Waals surface area contributed by atoms with Gasteiger partial charge < -0.3 is 4.74 Å². The molecule has 1 aliphatic heterocycles. The van der Waals surface area contributed by atoms with E-state index in [1.807, 2.05) is 31.2 Å². The van der Waals surface area contributed by atoms with Crippen LogP contribution in [0.25, 0.3) is 6.08 Å². The molecule has 0 N–H and O–H groups in total. The van der Waals surface area contributed by atoms with Crippen molar-refractivity contribution in [2.75, 3.05) is 0 Å². The van der Waals surface area contributed by atoms with E-state index in [0.717, 1.165) is 11.1 Å². The first-order valence-electron chi connectivity index (χ1n) is 6.47. The van der Waals surface area contributed by atoms with E-state index in [9.17, 15) is 9.18 Å². The second-order valence-electron chi connectivity index (χ2n) is 4.75. The quantitative estimate of drug-likeness (QED) is 0.624. The molecule has 0 aliphatic carbocycles. The monoisotopic (exact) mass is 281 g/mol. The highest BCUT2D eigenvalue weighted by molar-refractivity contribution is 6.12. The lowest BCUT2D eigenvalue weighted by molar-refractivity contribution is -0.129. The van der Waals surface area contributed by atoms with E-state index in [2.05, 4.69) is 4.99 Å². The Hall–Kier alpha value is -2.75. The van der Waals surface area contributed by atoms with Crippen LogP contribution in [0.15, 0.2) is 59.2 Å².